The molecule has 0 bridgehead atoms. The van der Waals surface area contributed by atoms with Crippen molar-refractivity contribution in [2.75, 3.05) is 49.1 Å². The fourth-order valence-corrected chi connectivity index (χ4v) is 4.88. The van der Waals surface area contributed by atoms with E-state index in [-0.39, 0.29) is 11.8 Å². The molecule has 3 aromatic rings. The first-order valence-electron chi connectivity index (χ1n) is 12.1. The van der Waals surface area contributed by atoms with Crippen LogP contribution in [0.4, 0.5) is 24.7 Å². The molecule has 0 saturated carbocycles. The predicted octanol–water partition coefficient (Wildman–Crippen LogP) is 4.12. The Labute approximate surface area is 207 Å². The first kappa shape index (κ1) is 24.0. The number of hydrogen-bond acceptors (Lipinski definition) is 6. The number of amides is 1. The molecule has 7 nitrogen and oxygen atoms in total. The maximum absolute atomic E-state index is 13.3. The van der Waals surface area contributed by atoms with Gasteiger partial charge in [0.1, 0.15) is 0 Å². The largest absolute Gasteiger partial charge is 0.416 e. The number of piperidine rings is 1. The highest BCUT2D eigenvalue weighted by molar-refractivity contribution is 5.80. The van der Waals surface area contributed by atoms with Gasteiger partial charge in [-0.1, -0.05) is 6.07 Å². The molecule has 36 heavy (non-hydrogen) atoms. The van der Waals surface area contributed by atoms with Gasteiger partial charge >= 0.3 is 6.18 Å². The quantitative estimate of drug-likeness (QED) is 0.542. The van der Waals surface area contributed by atoms with E-state index < -0.39 is 11.7 Å². The van der Waals surface area contributed by atoms with Crippen molar-refractivity contribution in [2.45, 2.75) is 19.0 Å². The molecule has 5 rings (SSSR count). The van der Waals surface area contributed by atoms with Crippen molar-refractivity contribution in [3.63, 3.8) is 0 Å². The Kier molecular flexibility index (Phi) is 6.75. The molecule has 0 radical (unpaired) electrons. The molecule has 2 aromatic heterocycles. The second-order valence-electron chi connectivity index (χ2n) is 9.16. The summed E-state index contributed by atoms with van der Waals surface area (Å²) >= 11 is 0. The number of halogens is 3. The Bertz CT molecular complexity index is 1180. The second-order valence-corrected chi connectivity index (χ2v) is 9.16. The van der Waals surface area contributed by atoms with E-state index in [1.165, 1.54) is 12.1 Å². The molecular weight excluding hydrogens is 469 g/mol. The van der Waals surface area contributed by atoms with Gasteiger partial charge in [0.25, 0.3) is 0 Å². The molecular formula is C26H27F3N6O. The molecule has 188 valence electrons. The summed E-state index contributed by atoms with van der Waals surface area (Å²) in [6.07, 6.45) is 0.751. The van der Waals surface area contributed by atoms with E-state index in [1.807, 2.05) is 34.1 Å². The van der Waals surface area contributed by atoms with Gasteiger partial charge in [-0.05, 0) is 55.3 Å². The van der Waals surface area contributed by atoms with E-state index in [1.54, 1.807) is 18.5 Å². The maximum atomic E-state index is 13.3. The molecule has 2 saturated heterocycles. The summed E-state index contributed by atoms with van der Waals surface area (Å²) in [5, 5.41) is 8.75. The minimum absolute atomic E-state index is 0.102. The monoisotopic (exact) mass is 496 g/mol. The summed E-state index contributed by atoms with van der Waals surface area (Å²) < 4.78 is 39.2. The van der Waals surface area contributed by atoms with E-state index in [0.717, 1.165) is 42.5 Å². The number of benzene rings is 1. The number of pyridine rings is 1. The number of nitrogens with zero attached hydrogens (tertiary/aromatic N) is 6. The molecule has 2 fully saturated rings. The third-order valence-corrected chi connectivity index (χ3v) is 6.85. The van der Waals surface area contributed by atoms with Crippen molar-refractivity contribution in [1.82, 2.24) is 20.1 Å². The van der Waals surface area contributed by atoms with Crippen LogP contribution in [0.25, 0.3) is 11.3 Å². The zero-order valence-electron chi connectivity index (χ0n) is 19.7. The highest BCUT2D eigenvalue weighted by Gasteiger charge is 2.33. The van der Waals surface area contributed by atoms with E-state index in [0.29, 0.717) is 38.4 Å². The topological polar surface area (TPSA) is 65.5 Å². The standard InChI is InChI=1S/C26H27F3N6O/c27-26(28,29)21-4-1-5-22(17-21)33-13-15-34(16-14-33)25(36)20-3-2-12-35(18-20)24-7-6-23(31-32-24)19-8-10-30-11-9-19/h1,4-11,17,20H,2-3,12-16,18H2. The number of anilines is 2. The van der Waals surface area contributed by atoms with Crippen LogP contribution in [0.5, 0.6) is 0 Å². The number of aromatic nitrogens is 3. The zero-order valence-corrected chi connectivity index (χ0v) is 19.7. The van der Waals surface area contributed by atoms with Gasteiger partial charge in [0, 0.05) is 62.9 Å². The zero-order chi connectivity index (χ0) is 25.1. The van der Waals surface area contributed by atoms with E-state index in [2.05, 4.69) is 20.1 Å². The average molecular weight is 497 g/mol. The number of carbonyl (C=O) groups excluding carboxylic acids is 1. The Hall–Kier alpha value is -3.69. The van der Waals surface area contributed by atoms with Crippen molar-refractivity contribution in [2.24, 2.45) is 5.92 Å². The van der Waals surface area contributed by atoms with E-state index in [9.17, 15) is 18.0 Å². The minimum atomic E-state index is -4.37. The van der Waals surface area contributed by atoms with E-state index in [4.69, 9.17) is 0 Å². The summed E-state index contributed by atoms with van der Waals surface area (Å²) in [6.45, 7) is 3.39. The van der Waals surface area contributed by atoms with Gasteiger partial charge in [-0.15, -0.1) is 10.2 Å². The highest BCUT2D eigenvalue weighted by atomic mass is 19.4. The smallest absolute Gasteiger partial charge is 0.368 e. The Morgan fingerprint density at radius 3 is 2.36 bits per heavy atom. The summed E-state index contributed by atoms with van der Waals surface area (Å²) in [7, 11) is 0. The molecule has 1 amide bonds. The SMILES string of the molecule is O=C(C1CCCN(c2ccc(-c3ccncc3)nn2)C1)N1CCN(c2cccc(C(F)(F)F)c2)CC1. The highest BCUT2D eigenvalue weighted by Crippen LogP contribution is 2.32. The van der Waals surface area contributed by atoms with Gasteiger partial charge in [0.2, 0.25) is 5.91 Å². The van der Waals surface area contributed by atoms with Crippen LogP contribution in [-0.2, 0) is 11.0 Å². The molecule has 1 aromatic carbocycles. The van der Waals surface area contributed by atoms with Gasteiger partial charge in [-0.3, -0.25) is 9.78 Å². The van der Waals surface area contributed by atoms with Crippen molar-refractivity contribution in [3.05, 3.63) is 66.5 Å². The number of piperazine rings is 1. The lowest BCUT2D eigenvalue weighted by Gasteiger charge is -2.40. The summed E-state index contributed by atoms with van der Waals surface area (Å²) in [6, 6.07) is 13.0. The van der Waals surface area contributed by atoms with Crippen LogP contribution in [-0.4, -0.2) is 65.3 Å². The third kappa shape index (κ3) is 5.27. The third-order valence-electron chi connectivity index (χ3n) is 6.85. The first-order valence-corrected chi connectivity index (χ1v) is 12.1. The molecule has 0 N–H and O–H groups in total. The Balaban J connectivity index is 1.18. The number of hydrogen-bond donors (Lipinski definition) is 0. The van der Waals surface area contributed by atoms with Gasteiger partial charge < -0.3 is 14.7 Å². The van der Waals surface area contributed by atoms with Gasteiger partial charge in [0.15, 0.2) is 5.82 Å². The van der Waals surface area contributed by atoms with Crippen LogP contribution in [0.1, 0.15) is 18.4 Å². The number of rotatable bonds is 4. The van der Waals surface area contributed by atoms with Crippen molar-refractivity contribution in [3.8, 4) is 11.3 Å². The van der Waals surface area contributed by atoms with Gasteiger partial charge in [-0.2, -0.15) is 13.2 Å². The molecule has 0 spiro atoms. The van der Waals surface area contributed by atoms with Crippen LogP contribution in [0.15, 0.2) is 60.9 Å². The molecule has 0 aliphatic carbocycles. The second kappa shape index (κ2) is 10.1. The fourth-order valence-electron chi connectivity index (χ4n) is 4.88. The van der Waals surface area contributed by atoms with Gasteiger partial charge in [0.05, 0.1) is 17.2 Å². The Morgan fingerprint density at radius 2 is 1.67 bits per heavy atom. The molecule has 10 heteroatoms. The van der Waals surface area contributed by atoms with Crippen molar-refractivity contribution < 1.29 is 18.0 Å². The van der Waals surface area contributed by atoms with Crippen LogP contribution >= 0.6 is 0 Å². The fraction of sp³-hybridized carbons (Fsp3) is 0.385. The molecule has 1 atom stereocenters. The number of alkyl halides is 3. The summed E-state index contributed by atoms with van der Waals surface area (Å²) in [5.41, 5.74) is 1.59. The van der Waals surface area contributed by atoms with Gasteiger partial charge in [-0.25, -0.2) is 0 Å². The number of carbonyl (C=O) groups is 1. The lowest BCUT2D eigenvalue weighted by Crippen LogP contribution is -2.52. The summed E-state index contributed by atoms with van der Waals surface area (Å²) in [4.78, 5) is 23.2. The molecule has 4 heterocycles. The molecule has 2 aliphatic rings. The van der Waals surface area contributed by atoms with Crippen molar-refractivity contribution in [1.29, 1.82) is 0 Å². The average Bonchev–Trinajstić information content (AvgIpc) is 2.93. The molecule has 1 unspecified atom stereocenters. The minimum Gasteiger partial charge on any atom is -0.368 e. The molecule has 2 aliphatic heterocycles. The Morgan fingerprint density at radius 1 is 0.889 bits per heavy atom. The van der Waals surface area contributed by atoms with Crippen LogP contribution in [0.2, 0.25) is 0 Å². The normalized spacial score (nSPS) is 18.9. The van der Waals surface area contributed by atoms with Crippen LogP contribution in [0, 0.1) is 5.92 Å². The van der Waals surface area contributed by atoms with Crippen LogP contribution in [0.3, 0.4) is 0 Å². The lowest BCUT2D eigenvalue weighted by molar-refractivity contribution is -0.137. The van der Waals surface area contributed by atoms with E-state index >= 15 is 0 Å². The van der Waals surface area contributed by atoms with Crippen molar-refractivity contribution >= 4 is 17.4 Å². The maximum Gasteiger partial charge on any atom is 0.416 e. The first-order chi connectivity index (χ1) is 17.4. The predicted molar refractivity (Wildman–Crippen MR) is 130 cm³/mol. The van der Waals surface area contributed by atoms with Crippen LogP contribution < -0.4 is 9.80 Å². The summed E-state index contributed by atoms with van der Waals surface area (Å²) in [5.74, 6) is 0.713. The lowest BCUT2D eigenvalue weighted by atomic mass is 9.96.